The summed E-state index contributed by atoms with van der Waals surface area (Å²) in [4.78, 5) is 26.5. The van der Waals surface area contributed by atoms with E-state index in [1.807, 2.05) is 55.1 Å². The number of nitrogens with zero attached hydrogens (tertiary/aromatic N) is 3. The first-order valence-electron chi connectivity index (χ1n) is 8.46. The molecule has 1 aliphatic rings. The smallest absolute Gasteiger partial charge is 0.241 e. The molecule has 1 aliphatic heterocycles. The molecule has 2 atom stereocenters. The van der Waals surface area contributed by atoms with Crippen molar-refractivity contribution >= 4 is 23.2 Å². The fraction of sp³-hybridized carbons (Fsp3) is 0.389. The molecule has 0 saturated heterocycles. The predicted molar refractivity (Wildman–Crippen MR) is 96.3 cm³/mol. The number of hydrogen-bond donors (Lipinski definition) is 2. The van der Waals surface area contributed by atoms with Crippen LogP contribution >= 0.6 is 0 Å². The number of para-hydroxylation sites is 2. The number of hydrogen-bond acceptors (Lipinski definition) is 4. The summed E-state index contributed by atoms with van der Waals surface area (Å²) in [5.41, 5.74) is 1.42. The van der Waals surface area contributed by atoms with Crippen LogP contribution in [0.25, 0.3) is 0 Å². The number of carbonyl (C=O) groups is 2. The summed E-state index contributed by atoms with van der Waals surface area (Å²) in [7, 11) is 0. The molecule has 25 heavy (non-hydrogen) atoms. The van der Waals surface area contributed by atoms with Gasteiger partial charge in [0.1, 0.15) is 0 Å². The van der Waals surface area contributed by atoms with E-state index in [0.29, 0.717) is 12.2 Å². The van der Waals surface area contributed by atoms with Gasteiger partial charge in [-0.3, -0.25) is 14.3 Å². The van der Waals surface area contributed by atoms with Crippen molar-refractivity contribution in [2.24, 2.45) is 0 Å². The summed E-state index contributed by atoms with van der Waals surface area (Å²) >= 11 is 0. The Morgan fingerprint density at radius 1 is 1.40 bits per heavy atom. The second kappa shape index (κ2) is 7.48. The molecule has 0 unspecified atom stereocenters. The summed E-state index contributed by atoms with van der Waals surface area (Å²) in [6, 6.07) is 9.18. The lowest BCUT2D eigenvalue weighted by Gasteiger charge is -2.28. The lowest BCUT2D eigenvalue weighted by molar-refractivity contribution is -0.118. The van der Waals surface area contributed by atoms with Crippen LogP contribution in [0.1, 0.15) is 20.3 Å². The molecule has 2 aromatic rings. The second-order valence-corrected chi connectivity index (χ2v) is 6.39. The summed E-state index contributed by atoms with van der Waals surface area (Å²) in [6.45, 7) is 4.80. The van der Waals surface area contributed by atoms with E-state index >= 15 is 0 Å². The average Bonchev–Trinajstić information content (AvgIpc) is 3.03. The van der Waals surface area contributed by atoms with Crippen LogP contribution in [-0.2, 0) is 16.1 Å². The molecular formula is C18H23N5O2. The fourth-order valence-corrected chi connectivity index (χ4v) is 3.07. The molecule has 1 aromatic heterocycles. The highest BCUT2D eigenvalue weighted by atomic mass is 16.2. The minimum absolute atomic E-state index is 0.0521. The average molecular weight is 341 g/mol. The van der Waals surface area contributed by atoms with E-state index in [4.69, 9.17) is 0 Å². The molecule has 0 radical (unpaired) electrons. The molecule has 7 nitrogen and oxygen atoms in total. The van der Waals surface area contributed by atoms with Crippen LogP contribution in [0.15, 0.2) is 42.7 Å². The standard InChI is InChI=1S/C18H23N5O2/c1-13(12-22-9-5-8-20-22)19-11-18(25)23-14(2)10-17(24)21-15-6-3-4-7-16(15)23/h3-9,13-14,19H,10-12H2,1-2H3,(H,21,24)/t13-,14+/m0/s1. The molecule has 3 rings (SSSR count). The van der Waals surface area contributed by atoms with Crippen LogP contribution in [0.4, 0.5) is 11.4 Å². The Bertz CT molecular complexity index is 744. The van der Waals surface area contributed by atoms with Gasteiger partial charge in [0.25, 0.3) is 0 Å². The van der Waals surface area contributed by atoms with E-state index in [0.717, 1.165) is 5.69 Å². The van der Waals surface area contributed by atoms with E-state index in [9.17, 15) is 9.59 Å². The van der Waals surface area contributed by atoms with Gasteiger partial charge in [0.05, 0.1) is 24.5 Å². The van der Waals surface area contributed by atoms with E-state index in [-0.39, 0.29) is 36.9 Å². The maximum Gasteiger partial charge on any atom is 0.241 e. The van der Waals surface area contributed by atoms with E-state index in [2.05, 4.69) is 15.7 Å². The first kappa shape index (κ1) is 17.2. The topological polar surface area (TPSA) is 79.3 Å². The zero-order valence-electron chi connectivity index (χ0n) is 14.5. The van der Waals surface area contributed by atoms with Crippen LogP contribution in [0.5, 0.6) is 0 Å². The third kappa shape index (κ3) is 4.06. The molecule has 1 aromatic carbocycles. The molecular weight excluding hydrogens is 318 g/mol. The molecule has 0 bridgehead atoms. The monoisotopic (exact) mass is 341 g/mol. The number of anilines is 2. The van der Waals surface area contributed by atoms with Crippen LogP contribution in [-0.4, -0.2) is 40.2 Å². The Kier molecular flexibility index (Phi) is 5.14. The van der Waals surface area contributed by atoms with Crippen molar-refractivity contribution in [1.29, 1.82) is 0 Å². The van der Waals surface area contributed by atoms with Gasteiger partial charge in [-0.2, -0.15) is 5.10 Å². The van der Waals surface area contributed by atoms with Crippen molar-refractivity contribution < 1.29 is 9.59 Å². The van der Waals surface area contributed by atoms with Crippen molar-refractivity contribution in [3.63, 3.8) is 0 Å². The zero-order chi connectivity index (χ0) is 17.8. The molecule has 0 aliphatic carbocycles. The molecule has 0 saturated carbocycles. The first-order chi connectivity index (χ1) is 12.0. The number of carbonyl (C=O) groups excluding carboxylic acids is 2. The lowest BCUT2D eigenvalue weighted by atomic mass is 10.1. The van der Waals surface area contributed by atoms with E-state index in [1.165, 1.54) is 0 Å². The van der Waals surface area contributed by atoms with Gasteiger partial charge in [-0.25, -0.2) is 0 Å². The maximum absolute atomic E-state index is 12.8. The Balaban J connectivity index is 1.69. The minimum Gasteiger partial charge on any atom is -0.324 e. The van der Waals surface area contributed by atoms with Gasteiger partial charge >= 0.3 is 0 Å². The molecule has 7 heteroatoms. The summed E-state index contributed by atoms with van der Waals surface area (Å²) in [5.74, 6) is -0.126. The Morgan fingerprint density at radius 3 is 2.96 bits per heavy atom. The van der Waals surface area contributed by atoms with Crippen LogP contribution in [0.3, 0.4) is 0 Å². The van der Waals surface area contributed by atoms with Crippen LogP contribution < -0.4 is 15.5 Å². The van der Waals surface area contributed by atoms with Crippen LogP contribution in [0, 0.1) is 0 Å². The van der Waals surface area contributed by atoms with Gasteiger partial charge < -0.3 is 15.5 Å². The van der Waals surface area contributed by atoms with Crippen molar-refractivity contribution in [2.45, 2.75) is 38.9 Å². The SMILES string of the molecule is C[C@@H]1CC(=O)Nc2ccccc2N1C(=O)CN[C@@H](C)Cn1cccn1. The Hall–Kier alpha value is -2.67. The maximum atomic E-state index is 12.8. The summed E-state index contributed by atoms with van der Waals surface area (Å²) in [5, 5.41) is 10.3. The first-order valence-corrected chi connectivity index (χ1v) is 8.46. The molecule has 2 N–H and O–H groups in total. The van der Waals surface area contributed by atoms with Crippen molar-refractivity contribution in [3.05, 3.63) is 42.7 Å². The number of aromatic nitrogens is 2. The second-order valence-electron chi connectivity index (χ2n) is 6.39. The normalized spacial score (nSPS) is 18.2. The lowest BCUT2D eigenvalue weighted by Crippen LogP contribution is -2.46. The van der Waals surface area contributed by atoms with E-state index in [1.54, 1.807) is 11.1 Å². The quantitative estimate of drug-likeness (QED) is 0.866. The largest absolute Gasteiger partial charge is 0.324 e. The van der Waals surface area contributed by atoms with Gasteiger partial charge in [-0.05, 0) is 32.0 Å². The summed E-state index contributed by atoms with van der Waals surface area (Å²) in [6.07, 6.45) is 3.91. The van der Waals surface area contributed by atoms with Crippen molar-refractivity contribution in [1.82, 2.24) is 15.1 Å². The minimum atomic E-state index is -0.195. The number of fused-ring (bicyclic) bond motifs is 1. The Labute approximate surface area is 147 Å². The zero-order valence-corrected chi connectivity index (χ0v) is 14.5. The van der Waals surface area contributed by atoms with Gasteiger partial charge in [-0.15, -0.1) is 0 Å². The van der Waals surface area contributed by atoms with Crippen molar-refractivity contribution in [3.8, 4) is 0 Å². The molecule has 132 valence electrons. The molecule has 2 heterocycles. The molecule has 0 spiro atoms. The number of nitrogens with one attached hydrogen (secondary N) is 2. The number of amides is 2. The third-order valence-corrected chi connectivity index (χ3v) is 4.25. The van der Waals surface area contributed by atoms with Gasteiger partial charge in [0.15, 0.2) is 0 Å². The highest BCUT2D eigenvalue weighted by Crippen LogP contribution is 2.31. The predicted octanol–water partition coefficient (Wildman–Crippen LogP) is 1.63. The van der Waals surface area contributed by atoms with Gasteiger partial charge in [0, 0.05) is 30.9 Å². The van der Waals surface area contributed by atoms with Gasteiger partial charge in [0.2, 0.25) is 11.8 Å². The molecule has 2 amide bonds. The number of benzene rings is 1. The number of rotatable bonds is 5. The highest BCUT2D eigenvalue weighted by Gasteiger charge is 2.29. The fourth-order valence-electron chi connectivity index (χ4n) is 3.07. The highest BCUT2D eigenvalue weighted by molar-refractivity contribution is 6.04. The van der Waals surface area contributed by atoms with Crippen LogP contribution in [0.2, 0.25) is 0 Å². The summed E-state index contributed by atoms with van der Waals surface area (Å²) < 4.78 is 1.83. The van der Waals surface area contributed by atoms with Crippen molar-refractivity contribution in [2.75, 3.05) is 16.8 Å². The Morgan fingerprint density at radius 2 is 2.20 bits per heavy atom. The van der Waals surface area contributed by atoms with E-state index < -0.39 is 0 Å². The third-order valence-electron chi connectivity index (χ3n) is 4.25. The molecule has 0 fully saturated rings. The van der Waals surface area contributed by atoms with Gasteiger partial charge in [-0.1, -0.05) is 12.1 Å².